The standard InChI is InChI=1S/C18H21N3OS/c22-17(10-12-8-15-4-5-16(9-12)20-15)21-14-3-1-2-13(11-14)18-19-6-7-23-18/h1-3,6-7,11-12,15-16,20H,4-5,8-10H2,(H,21,22). The Morgan fingerprint density at radius 1 is 1.30 bits per heavy atom. The molecule has 2 saturated heterocycles. The third kappa shape index (κ3) is 3.46. The van der Waals surface area contributed by atoms with Crippen molar-refractivity contribution in [2.24, 2.45) is 5.92 Å². The van der Waals surface area contributed by atoms with Crippen LogP contribution in [0.1, 0.15) is 32.1 Å². The van der Waals surface area contributed by atoms with Crippen LogP contribution in [0.4, 0.5) is 5.69 Å². The number of nitrogens with zero attached hydrogens (tertiary/aromatic N) is 1. The lowest BCUT2D eigenvalue weighted by atomic mass is 9.89. The maximum absolute atomic E-state index is 12.4. The molecule has 4 rings (SSSR count). The molecule has 5 heteroatoms. The van der Waals surface area contributed by atoms with Gasteiger partial charge in [0, 0.05) is 41.3 Å². The van der Waals surface area contributed by atoms with Crippen molar-refractivity contribution in [2.45, 2.75) is 44.2 Å². The molecule has 2 aliphatic heterocycles. The van der Waals surface area contributed by atoms with Gasteiger partial charge in [-0.25, -0.2) is 4.98 Å². The molecule has 2 bridgehead atoms. The summed E-state index contributed by atoms with van der Waals surface area (Å²) in [7, 11) is 0. The Balaban J connectivity index is 1.38. The van der Waals surface area contributed by atoms with Crippen molar-refractivity contribution in [3.63, 3.8) is 0 Å². The second kappa shape index (κ2) is 6.42. The van der Waals surface area contributed by atoms with Crippen LogP contribution < -0.4 is 10.6 Å². The molecule has 0 saturated carbocycles. The quantitative estimate of drug-likeness (QED) is 0.901. The molecule has 2 aromatic rings. The lowest BCUT2D eigenvalue weighted by molar-refractivity contribution is -0.117. The van der Waals surface area contributed by atoms with E-state index in [1.807, 2.05) is 29.6 Å². The van der Waals surface area contributed by atoms with Crippen molar-refractivity contribution >= 4 is 22.9 Å². The van der Waals surface area contributed by atoms with Crippen molar-refractivity contribution in [1.29, 1.82) is 0 Å². The fourth-order valence-electron chi connectivity index (χ4n) is 3.91. The Morgan fingerprint density at radius 2 is 2.13 bits per heavy atom. The van der Waals surface area contributed by atoms with E-state index >= 15 is 0 Å². The Hall–Kier alpha value is -1.72. The highest BCUT2D eigenvalue weighted by Gasteiger charge is 2.34. The maximum atomic E-state index is 12.4. The van der Waals surface area contributed by atoms with Crippen LogP contribution in [-0.4, -0.2) is 23.0 Å². The number of piperidine rings is 1. The van der Waals surface area contributed by atoms with Gasteiger partial charge in [-0.15, -0.1) is 11.3 Å². The SMILES string of the molecule is O=C(CC1CC2CCC(C1)N2)Nc1cccc(-c2nccs2)c1. The summed E-state index contributed by atoms with van der Waals surface area (Å²) in [6, 6.07) is 9.22. The molecular formula is C18H21N3OS. The van der Waals surface area contributed by atoms with Gasteiger partial charge < -0.3 is 10.6 Å². The molecule has 2 fully saturated rings. The average Bonchev–Trinajstić information content (AvgIpc) is 3.17. The van der Waals surface area contributed by atoms with Crippen molar-refractivity contribution in [2.75, 3.05) is 5.32 Å². The maximum Gasteiger partial charge on any atom is 0.224 e. The van der Waals surface area contributed by atoms with Crippen molar-refractivity contribution in [3.8, 4) is 10.6 Å². The number of nitrogens with one attached hydrogen (secondary N) is 2. The van der Waals surface area contributed by atoms with E-state index in [2.05, 4.69) is 15.6 Å². The predicted molar refractivity (Wildman–Crippen MR) is 93.5 cm³/mol. The first-order valence-electron chi connectivity index (χ1n) is 8.32. The van der Waals surface area contributed by atoms with Crippen molar-refractivity contribution in [3.05, 3.63) is 35.8 Å². The number of hydrogen-bond acceptors (Lipinski definition) is 4. The number of anilines is 1. The van der Waals surface area contributed by atoms with Crippen molar-refractivity contribution in [1.82, 2.24) is 10.3 Å². The van der Waals surface area contributed by atoms with Crippen LogP contribution in [0.2, 0.25) is 0 Å². The molecule has 1 aromatic carbocycles. The largest absolute Gasteiger partial charge is 0.326 e. The normalized spacial score (nSPS) is 26.2. The van der Waals surface area contributed by atoms with Gasteiger partial charge in [0.2, 0.25) is 5.91 Å². The number of carbonyl (C=O) groups is 1. The second-order valence-electron chi connectivity index (χ2n) is 6.65. The van der Waals surface area contributed by atoms with E-state index in [0.717, 1.165) is 29.1 Å². The number of carbonyl (C=O) groups excluding carboxylic acids is 1. The third-order valence-electron chi connectivity index (χ3n) is 4.87. The summed E-state index contributed by atoms with van der Waals surface area (Å²) in [5.74, 6) is 0.656. The molecule has 0 spiro atoms. The molecule has 2 N–H and O–H groups in total. The zero-order chi connectivity index (χ0) is 15.6. The van der Waals surface area contributed by atoms with Crippen LogP contribution in [0, 0.1) is 5.92 Å². The zero-order valence-corrected chi connectivity index (χ0v) is 13.8. The van der Waals surface area contributed by atoms with Gasteiger partial charge in [-0.2, -0.15) is 0 Å². The molecule has 4 nitrogen and oxygen atoms in total. The number of benzene rings is 1. The number of amides is 1. The molecular weight excluding hydrogens is 306 g/mol. The molecule has 2 aliphatic rings. The molecule has 1 aromatic heterocycles. The summed E-state index contributed by atoms with van der Waals surface area (Å²) >= 11 is 1.61. The summed E-state index contributed by atoms with van der Waals surface area (Å²) in [5, 5.41) is 9.63. The van der Waals surface area contributed by atoms with Gasteiger partial charge in [0.25, 0.3) is 0 Å². The monoisotopic (exact) mass is 327 g/mol. The molecule has 120 valence electrons. The van der Waals surface area contributed by atoms with Gasteiger partial charge in [-0.05, 0) is 43.7 Å². The van der Waals surface area contributed by atoms with E-state index in [1.165, 1.54) is 12.8 Å². The minimum absolute atomic E-state index is 0.132. The minimum Gasteiger partial charge on any atom is -0.326 e. The van der Waals surface area contributed by atoms with E-state index in [1.54, 1.807) is 17.5 Å². The van der Waals surface area contributed by atoms with Gasteiger partial charge in [0.05, 0.1) is 0 Å². The van der Waals surface area contributed by atoms with Crippen LogP contribution >= 0.6 is 11.3 Å². The first-order chi connectivity index (χ1) is 11.3. The molecule has 3 heterocycles. The third-order valence-corrected chi connectivity index (χ3v) is 5.69. The van der Waals surface area contributed by atoms with Crippen LogP contribution in [0.25, 0.3) is 10.6 Å². The van der Waals surface area contributed by atoms with Crippen molar-refractivity contribution < 1.29 is 4.79 Å². The van der Waals surface area contributed by atoms with Gasteiger partial charge in [0.15, 0.2) is 0 Å². The fraction of sp³-hybridized carbons (Fsp3) is 0.444. The van der Waals surface area contributed by atoms with Gasteiger partial charge >= 0.3 is 0 Å². The lowest BCUT2D eigenvalue weighted by Crippen LogP contribution is -2.39. The Labute approximate surface area is 140 Å². The number of hydrogen-bond donors (Lipinski definition) is 2. The van der Waals surface area contributed by atoms with E-state index in [0.29, 0.717) is 24.4 Å². The Bertz CT molecular complexity index is 673. The molecule has 0 radical (unpaired) electrons. The van der Waals surface area contributed by atoms with Crippen LogP contribution in [0.5, 0.6) is 0 Å². The molecule has 23 heavy (non-hydrogen) atoms. The topological polar surface area (TPSA) is 54.0 Å². The highest BCUT2D eigenvalue weighted by molar-refractivity contribution is 7.13. The highest BCUT2D eigenvalue weighted by atomic mass is 32.1. The smallest absolute Gasteiger partial charge is 0.224 e. The molecule has 2 atom stereocenters. The Kier molecular flexibility index (Phi) is 4.14. The van der Waals surface area contributed by atoms with Gasteiger partial charge in [-0.1, -0.05) is 12.1 Å². The summed E-state index contributed by atoms with van der Waals surface area (Å²) in [5.41, 5.74) is 1.91. The predicted octanol–water partition coefficient (Wildman–Crippen LogP) is 3.67. The summed E-state index contributed by atoms with van der Waals surface area (Å²) < 4.78 is 0. The van der Waals surface area contributed by atoms with Gasteiger partial charge in [-0.3, -0.25) is 4.79 Å². The fourth-order valence-corrected chi connectivity index (χ4v) is 4.55. The summed E-state index contributed by atoms with van der Waals surface area (Å²) in [4.78, 5) is 16.7. The van der Waals surface area contributed by atoms with E-state index in [-0.39, 0.29) is 5.91 Å². The number of rotatable bonds is 4. The number of aromatic nitrogens is 1. The number of fused-ring (bicyclic) bond motifs is 2. The molecule has 1 amide bonds. The van der Waals surface area contributed by atoms with Gasteiger partial charge in [0.1, 0.15) is 5.01 Å². The first kappa shape index (κ1) is 14.8. The molecule has 0 aliphatic carbocycles. The summed E-state index contributed by atoms with van der Waals surface area (Å²) in [6.45, 7) is 0. The molecule has 2 unspecified atom stereocenters. The van der Waals surface area contributed by atoms with E-state index in [9.17, 15) is 4.79 Å². The summed E-state index contributed by atoms with van der Waals surface area (Å²) in [6.07, 6.45) is 7.27. The minimum atomic E-state index is 0.132. The average molecular weight is 327 g/mol. The second-order valence-corrected chi connectivity index (χ2v) is 7.54. The van der Waals surface area contributed by atoms with E-state index < -0.39 is 0 Å². The van der Waals surface area contributed by atoms with Crippen LogP contribution in [0.15, 0.2) is 35.8 Å². The first-order valence-corrected chi connectivity index (χ1v) is 9.20. The van der Waals surface area contributed by atoms with Crippen LogP contribution in [-0.2, 0) is 4.79 Å². The zero-order valence-electron chi connectivity index (χ0n) is 13.0. The Morgan fingerprint density at radius 3 is 2.87 bits per heavy atom. The number of thiazole rings is 1. The van der Waals surface area contributed by atoms with Crippen LogP contribution in [0.3, 0.4) is 0 Å². The highest BCUT2D eigenvalue weighted by Crippen LogP contribution is 2.33. The van der Waals surface area contributed by atoms with E-state index in [4.69, 9.17) is 0 Å². The lowest BCUT2D eigenvalue weighted by Gasteiger charge is -2.28.